The Labute approximate surface area is 129 Å². The van der Waals surface area contributed by atoms with E-state index in [2.05, 4.69) is 0 Å². The quantitative estimate of drug-likeness (QED) is 0.692. The Kier molecular flexibility index (Phi) is 4.09. The fraction of sp³-hybridized carbons (Fsp3) is 0.158. The van der Waals surface area contributed by atoms with Crippen LogP contribution in [0.15, 0.2) is 66.7 Å². The number of hydrogen-bond acceptors (Lipinski definition) is 3. The molecule has 0 aromatic heterocycles. The van der Waals surface area contributed by atoms with E-state index in [0.717, 1.165) is 21.9 Å². The second-order valence-electron chi connectivity index (χ2n) is 5.50. The van der Waals surface area contributed by atoms with Crippen LogP contribution in [-0.4, -0.2) is 16.3 Å². The van der Waals surface area contributed by atoms with Crippen LogP contribution >= 0.6 is 0 Å². The van der Waals surface area contributed by atoms with E-state index in [-0.39, 0.29) is 5.75 Å². The molecule has 0 bridgehead atoms. The lowest BCUT2D eigenvalue weighted by Gasteiger charge is -2.21. The Bertz CT molecular complexity index is 771. The first-order valence-electron chi connectivity index (χ1n) is 7.35. The third kappa shape index (κ3) is 2.82. The van der Waals surface area contributed by atoms with Crippen molar-refractivity contribution in [2.45, 2.75) is 18.6 Å². The van der Waals surface area contributed by atoms with Gasteiger partial charge in [-0.1, -0.05) is 60.7 Å². The molecule has 0 heterocycles. The zero-order valence-electron chi connectivity index (χ0n) is 12.2. The molecule has 0 spiro atoms. The third-order valence-corrected chi connectivity index (χ3v) is 4.00. The van der Waals surface area contributed by atoms with Crippen molar-refractivity contribution in [1.82, 2.24) is 0 Å². The average molecular weight is 293 g/mol. The Balaban J connectivity index is 1.92. The Hall–Kier alpha value is -2.36. The molecule has 4 N–H and O–H groups in total. The smallest absolute Gasteiger partial charge is 0.123 e. The summed E-state index contributed by atoms with van der Waals surface area (Å²) in [4.78, 5) is 0. The van der Waals surface area contributed by atoms with Gasteiger partial charge in [-0.2, -0.15) is 0 Å². The van der Waals surface area contributed by atoms with E-state index in [4.69, 9.17) is 5.73 Å². The minimum Gasteiger partial charge on any atom is -0.507 e. The molecule has 0 radical (unpaired) electrons. The summed E-state index contributed by atoms with van der Waals surface area (Å²) in [5.74, 6) is 0.226. The Morgan fingerprint density at radius 3 is 2.18 bits per heavy atom. The zero-order valence-corrected chi connectivity index (χ0v) is 12.2. The zero-order chi connectivity index (χ0) is 15.5. The number of fused-ring (bicyclic) bond motifs is 1. The molecule has 22 heavy (non-hydrogen) atoms. The Morgan fingerprint density at radius 1 is 0.818 bits per heavy atom. The summed E-state index contributed by atoms with van der Waals surface area (Å²) in [6, 6.07) is 20.3. The molecule has 2 atom stereocenters. The second kappa shape index (κ2) is 6.18. The molecule has 3 aromatic carbocycles. The molecule has 0 unspecified atom stereocenters. The van der Waals surface area contributed by atoms with Crippen molar-refractivity contribution < 1.29 is 10.2 Å². The van der Waals surface area contributed by atoms with Gasteiger partial charge in [-0.3, -0.25) is 0 Å². The highest BCUT2D eigenvalue weighted by molar-refractivity contribution is 5.91. The number of nitrogens with two attached hydrogens (primary N) is 1. The summed E-state index contributed by atoms with van der Waals surface area (Å²) < 4.78 is 0. The van der Waals surface area contributed by atoms with E-state index in [1.807, 2.05) is 54.6 Å². The minimum atomic E-state index is -0.685. The van der Waals surface area contributed by atoms with Crippen LogP contribution in [-0.2, 0) is 6.42 Å². The number of hydrogen-bond donors (Lipinski definition) is 3. The van der Waals surface area contributed by atoms with Gasteiger partial charge in [-0.15, -0.1) is 0 Å². The van der Waals surface area contributed by atoms with Gasteiger partial charge in [0.2, 0.25) is 0 Å². The molecule has 0 amide bonds. The molecule has 0 aliphatic carbocycles. The van der Waals surface area contributed by atoms with Crippen molar-refractivity contribution in [2.24, 2.45) is 5.73 Å². The monoisotopic (exact) mass is 293 g/mol. The van der Waals surface area contributed by atoms with Crippen LogP contribution in [0, 0.1) is 0 Å². The van der Waals surface area contributed by atoms with Crippen LogP contribution in [0.2, 0.25) is 0 Å². The van der Waals surface area contributed by atoms with Crippen LogP contribution < -0.4 is 5.73 Å². The first-order chi connectivity index (χ1) is 10.7. The summed E-state index contributed by atoms with van der Waals surface area (Å²) in [5.41, 5.74) is 8.16. The summed E-state index contributed by atoms with van der Waals surface area (Å²) in [7, 11) is 0. The van der Waals surface area contributed by atoms with Crippen LogP contribution in [0.1, 0.15) is 17.2 Å². The van der Waals surface area contributed by atoms with E-state index in [1.54, 1.807) is 12.1 Å². The molecular weight excluding hydrogens is 274 g/mol. The van der Waals surface area contributed by atoms with Crippen molar-refractivity contribution in [1.29, 1.82) is 0 Å². The largest absolute Gasteiger partial charge is 0.507 e. The maximum atomic E-state index is 10.5. The molecule has 3 heteroatoms. The normalized spacial score (nSPS) is 13.9. The number of phenolic OH excluding ortho intramolecular Hbond substituents is 1. The number of aliphatic hydroxyl groups is 1. The van der Waals surface area contributed by atoms with Crippen molar-refractivity contribution in [2.75, 3.05) is 0 Å². The third-order valence-electron chi connectivity index (χ3n) is 4.00. The molecule has 0 saturated carbocycles. The number of aliphatic hydroxyl groups excluding tert-OH is 1. The van der Waals surface area contributed by atoms with E-state index in [1.165, 1.54) is 0 Å². The number of aromatic hydroxyl groups is 1. The van der Waals surface area contributed by atoms with Gasteiger partial charge in [0, 0.05) is 11.8 Å². The van der Waals surface area contributed by atoms with Crippen molar-refractivity contribution >= 4 is 10.8 Å². The van der Waals surface area contributed by atoms with Gasteiger partial charge in [0.25, 0.3) is 0 Å². The predicted molar refractivity (Wildman–Crippen MR) is 88.7 cm³/mol. The molecule has 0 fully saturated rings. The van der Waals surface area contributed by atoms with Gasteiger partial charge in [-0.25, -0.2) is 0 Å². The summed E-state index contributed by atoms with van der Waals surface area (Å²) in [6.45, 7) is 0. The Morgan fingerprint density at radius 2 is 1.45 bits per heavy atom. The van der Waals surface area contributed by atoms with Gasteiger partial charge in [0.1, 0.15) is 5.75 Å². The fourth-order valence-corrected chi connectivity index (χ4v) is 2.79. The second-order valence-corrected chi connectivity index (χ2v) is 5.50. The van der Waals surface area contributed by atoms with Crippen molar-refractivity contribution in [3.63, 3.8) is 0 Å². The summed E-state index contributed by atoms with van der Waals surface area (Å²) in [5, 5.41) is 22.0. The lowest BCUT2D eigenvalue weighted by Crippen LogP contribution is -2.28. The SMILES string of the molecule is N[C@H](c1ccc(O)c2ccccc12)[C@@H](O)Cc1ccccc1. The maximum Gasteiger partial charge on any atom is 0.123 e. The van der Waals surface area contributed by atoms with Crippen LogP contribution in [0.5, 0.6) is 5.75 Å². The number of phenols is 1. The lowest BCUT2D eigenvalue weighted by molar-refractivity contribution is 0.145. The molecule has 3 rings (SSSR count). The lowest BCUT2D eigenvalue weighted by atomic mass is 9.92. The fourth-order valence-electron chi connectivity index (χ4n) is 2.79. The highest BCUT2D eigenvalue weighted by atomic mass is 16.3. The molecule has 112 valence electrons. The van der Waals surface area contributed by atoms with Crippen molar-refractivity contribution in [3.05, 3.63) is 77.9 Å². The van der Waals surface area contributed by atoms with Gasteiger partial charge in [0.05, 0.1) is 12.1 Å². The standard InChI is InChI=1S/C19H19NO2/c20-19(18(22)12-13-6-2-1-3-7-13)16-10-11-17(21)15-9-5-4-8-14(15)16/h1-11,18-19,21-22H,12,20H2/t18-,19+/m0/s1. The van der Waals surface area contributed by atoms with Crippen molar-refractivity contribution in [3.8, 4) is 5.75 Å². The average Bonchev–Trinajstić information content (AvgIpc) is 2.56. The van der Waals surface area contributed by atoms with E-state index >= 15 is 0 Å². The summed E-state index contributed by atoms with van der Waals surface area (Å²) in [6.07, 6.45) is -0.188. The van der Waals surface area contributed by atoms with Gasteiger partial charge in [0.15, 0.2) is 0 Å². The first-order valence-corrected chi connectivity index (χ1v) is 7.35. The minimum absolute atomic E-state index is 0.226. The first kappa shape index (κ1) is 14.6. The highest BCUT2D eigenvalue weighted by Crippen LogP contribution is 2.31. The summed E-state index contributed by atoms with van der Waals surface area (Å²) >= 11 is 0. The topological polar surface area (TPSA) is 66.5 Å². The number of benzene rings is 3. The van der Waals surface area contributed by atoms with Crippen LogP contribution in [0.3, 0.4) is 0 Å². The molecule has 0 aliphatic heterocycles. The maximum absolute atomic E-state index is 10.5. The molecular formula is C19H19NO2. The number of rotatable bonds is 4. The predicted octanol–water partition coefficient (Wildman–Crippen LogP) is 3.15. The molecule has 3 aromatic rings. The van der Waals surface area contributed by atoms with E-state index < -0.39 is 12.1 Å². The molecule has 0 aliphatic rings. The molecule has 3 nitrogen and oxygen atoms in total. The van der Waals surface area contributed by atoms with E-state index in [9.17, 15) is 10.2 Å². The highest BCUT2D eigenvalue weighted by Gasteiger charge is 2.20. The van der Waals surface area contributed by atoms with Crippen LogP contribution in [0.4, 0.5) is 0 Å². The van der Waals surface area contributed by atoms with Crippen LogP contribution in [0.25, 0.3) is 10.8 Å². The van der Waals surface area contributed by atoms with Gasteiger partial charge in [-0.05, 0) is 22.6 Å². The van der Waals surface area contributed by atoms with E-state index in [0.29, 0.717) is 6.42 Å². The molecule has 0 saturated heterocycles. The van der Waals surface area contributed by atoms with Gasteiger partial charge < -0.3 is 15.9 Å². The van der Waals surface area contributed by atoms with Gasteiger partial charge >= 0.3 is 0 Å².